The Morgan fingerprint density at radius 1 is 1.27 bits per heavy atom. The summed E-state index contributed by atoms with van der Waals surface area (Å²) < 4.78 is 53.4. The quantitative estimate of drug-likeness (QED) is 0.605. The lowest BCUT2D eigenvalue weighted by Gasteiger charge is -2.18. The molecule has 1 aliphatic rings. The van der Waals surface area contributed by atoms with Crippen molar-refractivity contribution in [3.63, 3.8) is 0 Å². The molecule has 0 spiro atoms. The van der Waals surface area contributed by atoms with Crippen molar-refractivity contribution in [1.29, 1.82) is 0 Å². The number of sulfonamides is 1. The van der Waals surface area contributed by atoms with E-state index in [-0.39, 0.29) is 24.4 Å². The molecule has 1 aromatic carbocycles. The summed E-state index contributed by atoms with van der Waals surface area (Å²) in [6.07, 6.45) is -0.0913. The van der Waals surface area contributed by atoms with Gasteiger partial charge in [0.25, 0.3) is 10.1 Å². The van der Waals surface area contributed by atoms with E-state index in [1.165, 1.54) is 0 Å². The highest BCUT2D eigenvalue weighted by molar-refractivity contribution is 7.89. The zero-order valence-electron chi connectivity index (χ0n) is 11.2. The number of nitrogens with two attached hydrogens (primary N) is 1. The highest BCUT2D eigenvalue weighted by atomic mass is 32.2. The van der Waals surface area contributed by atoms with E-state index in [1.807, 2.05) is 0 Å². The van der Waals surface area contributed by atoms with Gasteiger partial charge in [0.1, 0.15) is 5.75 Å². The van der Waals surface area contributed by atoms with Crippen LogP contribution in [0.2, 0.25) is 0 Å². The molecule has 0 aliphatic carbocycles. The van der Waals surface area contributed by atoms with Gasteiger partial charge in [-0.25, -0.2) is 13.6 Å². The third kappa shape index (κ3) is 3.74. The third-order valence-electron chi connectivity index (χ3n) is 3.21. The molecule has 1 aliphatic heterocycles. The van der Waals surface area contributed by atoms with Crippen LogP contribution in [0.3, 0.4) is 0 Å². The number of rotatable bonds is 4. The van der Waals surface area contributed by atoms with E-state index < -0.39 is 42.6 Å². The van der Waals surface area contributed by atoms with E-state index in [0.717, 1.165) is 23.1 Å². The highest BCUT2D eigenvalue weighted by Gasteiger charge is 2.34. The van der Waals surface area contributed by atoms with Gasteiger partial charge in [0, 0.05) is 18.9 Å². The SMILES string of the molecule is NS(=O)(=O)CC1CC(=O)N(c2cc(S(=O)(=O)O)ccc2O)C1. The Balaban J connectivity index is 2.34. The summed E-state index contributed by atoms with van der Waals surface area (Å²) in [6.45, 7) is -0.0300. The molecule has 0 radical (unpaired) electrons. The van der Waals surface area contributed by atoms with Crippen LogP contribution in [-0.2, 0) is 24.9 Å². The number of amides is 1. The summed E-state index contributed by atoms with van der Waals surface area (Å²) in [7, 11) is -8.25. The predicted molar refractivity (Wildman–Crippen MR) is 76.4 cm³/mol. The van der Waals surface area contributed by atoms with Gasteiger partial charge >= 0.3 is 0 Å². The van der Waals surface area contributed by atoms with Crippen molar-refractivity contribution in [1.82, 2.24) is 0 Å². The summed E-state index contributed by atoms with van der Waals surface area (Å²) in [5, 5.41) is 14.7. The van der Waals surface area contributed by atoms with Crippen molar-refractivity contribution < 1.29 is 31.3 Å². The van der Waals surface area contributed by atoms with Crippen molar-refractivity contribution >= 4 is 31.7 Å². The number of nitrogens with zero attached hydrogens (tertiary/aromatic N) is 1. The Hall–Kier alpha value is -1.69. The number of phenolic OH excluding ortho intramolecular Hbond substituents is 1. The molecule has 1 atom stereocenters. The molecule has 11 heteroatoms. The molecule has 22 heavy (non-hydrogen) atoms. The topological polar surface area (TPSA) is 155 Å². The molecule has 0 saturated carbocycles. The average Bonchev–Trinajstić information content (AvgIpc) is 2.66. The Kier molecular flexibility index (Phi) is 4.17. The molecule has 9 nitrogen and oxygen atoms in total. The Morgan fingerprint density at radius 2 is 1.91 bits per heavy atom. The minimum absolute atomic E-state index is 0.0300. The first kappa shape index (κ1) is 16.7. The van der Waals surface area contributed by atoms with E-state index in [2.05, 4.69) is 0 Å². The lowest BCUT2D eigenvalue weighted by Crippen LogP contribution is -2.27. The zero-order chi connectivity index (χ0) is 16.7. The van der Waals surface area contributed by atoms with E-state index in [9.17, 15) is 26.7 Å². The molecule has 1 fully saturated rings. The number of anilines is 1. The second kappa shape index (κ2) is 5.50. The summed E-state index contributed by atoms with van der Waals surface area (Å²) in [5.41, 5.74) is -0.114. The Morgan fingerprint density at radius 3 is 2.45 bits per heavy atom. The van der Waals surface area contributed by atoms with Crippen molar-refractivity contribution in [2.24, 2.45) is 11.1 Å². The standard InChI is InChI=1S/C11H14N2O7S2/c12-21(16,17)6-7-3-11(15)13(5-7)9-4-8(22(18,19)20)1-2-10(9)14/h1-2,4,7,14H,3,5-6H2,(H2,12,16,17)(H,18,19,20). The largest absolute Gasteiger partial charge is 0.506 e. The second-order valence-electron chi connectivity index (χ2n) is 5.03. The molecule has 0 aromatic heterocycles. The number of carbonyl (C=O) groups is 1. The highest BCUT2D eigenvalue weighted by Crippen LogP contribution is 2.34. The smallest absolute Gasteiger partial charge is 0.294 e. The molecule has 1 saturated heterocycles. The fraction of sp³-hybridized carbons (Fsp3) is 0.364. The van der Waals surface area contributed by atoms with E-state index in [4.69, 9.17) is 9.69 Å². The van der Waals surface area contributed by atoms with Crippen molar-refractivity contribution in [2.75, 3.05) is 17.2 Å². The molecular formula is C11H14N2O7S2. The van der Waals surface area contributed by atoms with Crippen LogP contribution in [0.1, 0.15) is 6.42 Å². The molecule has 1 aromatic rings. The van der Waals surface area contributed by atoms with Gasteiger partial charge in [-0.15, -0.1) is 0 Å². The molecule has 1 unspecified atom stereocenters. The molecule has 122 valence electrons. The van der Waals surface area contributed by atoms with Crippen LogP contribution in [0.25, 0.3) is 0 Å². The fourth-order valence-electron chi connectivity index (χ4n) is 2.33. The maximum absolute atomic E-state index is 12.0. The van der Waals surface area contributed by atoms with E-state index in [0.29, 0.717) is 0 Å². The van der Waals surface area contributed by atoms with Gasteiger partial charge in [-0.2, -0.15) is 8.42 Å². The first-order valence-electron chi connectivity index (χ1n) is 6.09. The minimum atomic E-state index is -4.50. The number of aromatic hydroxyl groups is 1. The van der Waals surface area contributed by atoms with Crippen LogP contribution in [0.4, 0.5) is 5.69 Å². The number of phenols is 1. The lowest BCUT2D eigenvalue weighted by molar-refractivity contribution is -0.117. The molecule has 1 amide bonds. The summed E-state index contributed by atoms with van der Waals surface area (Å²) in [5.74, 6) is -1.79. The maximum Gasteiger partial charge on any atom is 0.294 e. The normalized spacial score (nSPS) is 19.6. The molecule has 1 heterocycles. The number of benzene rings is 1. The molecule has 4 N–H and O–H groups in total. The molecule has 2 rings (SSSR count). The number of hydrogen-bond donors (Lipinski definition) is 3. The number of carbonyl (C=O) groups excluding carboxylic acids is 1. The molecular weight excluding hydrogens is 336 g/mol. The fourth-order valence-corrected chi connectivity index (χ4v) is 3.72. The Bertz CT molecular complexity index is 817. The van der Waals surface area contributed by atoms with Crippen LogP contribution in [0, 0.1) is 5.92 Å². The van der Waals surface area contributed by atoms with Gasteiger partial charge in [-0.05, 0) is 18.2 Å². The number of primary sulfonamides is 1. The van der Waals surface area contributed by atoms with Crippen LogP contribution in [-0.4, -0.2) is 44.7 Å². The van der Waals surface area contributed by atoms with Gasteiger partial charge in [0.15, 0.2) is 0 Å². The monoisotopic (exact) mass is 350 g/mol. The zero-order valence-corrected chi connectivity index (χ0v) is 12.8. The predicted octanol–water partition coefficient (Wildman–Crippen LogP) is -0.720. The number of hydrogen-bond acceptors (Lipinski definition) is 6. The maximum atomic E-state index is 12.0. The van der Waals surface area contributed by atoms with Crippen LogP contribution in [0.5, 0.6) is 5.75 Å². The van der Waals surface area contributed by atoms with Gasteiger partial charge in [0.2, 0.25) is 15.9 Å². The Labute approximate surface area is 127 Å². The van der Waals surface area contributed by atoms with Crippen molar-refractivity contribution in [3.05, 3.63) is 18.2 Å². The van der Waals surface area contributed by atoms with Crippen LogP contribution >= 0.6 is 0 Å². The van der Waals surface area contributed by atoms with Gasteiger partial charge in [-0.3, -0.25) is 9.35 Å². The van der Waals surface area contributed by atoms with Gasteiger partial charge in [0.05, 0.1) is 16.3 Å². The first-order chi connectivity index (χ1) is 9.97. The second-order valence-corrected chi connectivity index (χ2v) is 8.11. The van der Waals surface area contributed by atoms with E-state index >= 15 is 0 Å². The average molecular weight is 350 g/mol. The summed E-state index contributed by atoms with van der Waals surface area (Å²) >= 11 is 0. The third-order valence-corrected chi connectivity index (χ3v) is 4.99. The summed E-state index contributed by atoms with van der Waals surface area (Å²) in [6, 6.07) is 2.96. The van der Waals surface area contributed by atoms with Gasteiger partial charge in [-0.1, -0.05) is 0 Å². The van der Waals surface area contributed by atoms with Crippen LogP contribution < -0.4 is 10.0 Å². The van der Waals surface area contributed by atoms with E-state index in [1.54, 1.807) is 0 Å². The van der Waals surface area contributed by atoms with Crippen molar-refractivity contribution in [2.45, 2.75) is 11.3 Å². The molecule has 0 bridgehead atoms. The van der Waals surface area contributed by atoms with Crippen LogP contribution in [0.15, 0.2) is 23.1 Å². The van der Waals surface area contributed by atoms with Crippen molar-refractivity contribution in [3.8, 4) is 5.75 Å². The first-order valence-corrected chi connectivity index (χ1v) is 9.24. The van der Waals surface area contributed by atoms with Gasteiger partial charge < -0.3 is 10.0 Å². The summed E-state index contributed by atoms with van der Waals surface area (Å²) in [4.78, 5) is 12.5. The lowest BCUT2D eigenvalue weighted by atomic mass is 10.1. The minimum Gasteiger partial charge on any atom is -0.506 e.